The van der Waals surface area contributed by atoms with Crippen molar-refractivity contribution in [2.45, 2.75) is 38.9 Å². The summed E-state index contributed by atoms with van der Waals surface area (Å²) in [6, 6.07) is 18.7. The van der Waals surface area contributed by atoms with Crippen LogP contribution in [-0.4, -0.2) is 46.2 Å². The Labute approximate surface area is 220 Å². The van der Waals surface area contributed by atoms with Gasteiger partial charge in [0.1, 0.15) is 23.9 Å². The van der Waals surface area contributed by atoms with Gasteiger partial charge in [0.05, 0.1) is 12.6 Å². The minimum absolute atomic E-state index is 0.0848. The van der Waals surface area contributed by atoms with E-state index in [9.17, 15) is 9.59 Å². The van der Waals surface area contributed by atoms with Gasteiger partial charge in [-0.2, -0.15) is 0 Å². The zero-order valence-electron chi connectivity index (χ0n) is 21.7. The third kappa shape index (κ3) is 5.10. The number of aromatic nitrogens is 3. The Morgan fingerprint density at radius 2 is 1.84 bits per heavy atom. The molecule has 1 atom stereocenters. The number of anilines is 1. The maximum atomic E-state index is 14.1. The summed E-state index contributed by atoms with van der Waals surface area (Å²) in [5.74, 6) is 0.917. The number of amides is 2. The summed E-state index contributed by atoms with van der Waals surface area (Å²) in [7, 11) is 1.56. The molecular formula is C28H29N5O5. The van der Waals surface area contributed by atoms with Crippen LogP contribution in [0.5, 0.6) is 17.2 Å². The Hall–Kier alpha value is -4.60. The molecule has 1 unspecified atom stereocenters. The molecule has 1 N–H and O–H groups in total. The average Bonchev–Trinajstić information content (AvgIpc) is 3.52. The van der Waals surface area contributed by atoms with Gasteiger partial charge >= 0.3 is 0 Å². The molecule has 3 aromatic carbocycles. The van der Waals surface area contributed by atoms with Crippen molar-refractivity contribution in [1.82, 2.24) is 20.3 Å². The molecule has 2 heterocycles. The van der Waals surface area contributed by atoms with Crippen LogP contribution in [0.25, 0.3) is 11.0 Å². The van der Waals surface area contributed by atoms with Crippen LogP contribution in [0.15, 0.2) is 66.7 Å². The van der Waals surface area contributed by atoms with E-state index in [1.807, 2.05) is 45.0 Å². The van der Waals surface area contributed by atoms with Gasteiger partial charge in [-0.15, -0.1) is 5.10 Å². The molecule has 0 spiro atoms. The lowest BCUT2D eigenvalue weighted by atomic mass is 10.00. The molecule has 10 nitrogen and oxygen atoms in total. The van der Waals surface area contributed by atoms with E-state index in [0.29, 0.717) is 39.5 Å². The fraction of sp³-hybridized carbons (Fsp3) is 0.286. The summed E-state index contributed by atoms with van der Waals surface area (Å²) in [4.78, 5) is 29.5. The summed E-state index contributed by atoms with van der Waals surface area (Å²) in [6.07, 6.45) is 0. The minimum Gasteiger partial charge on any atom is -0.497 e. The number of nitrogens with one attached hydrogen (secondary N) is 1. The Bertz CT molecular complexity index is 1490. The number of carbonyl (C=O) groups is 2. The summed E-state index contributed by atoms with van der Waals surface area (Å²) in [6.45, 7) is 5.62. The smallest absolute Gasteiger partial charge is 0.249 e. The second-order valence-corrected chi connectivity index (χ2v) is 9.96. The van der Waals surface area contributed by atoms with E-state index in [2.05, 4.69) is 15.6 Å². The van der Waals surface area contributed by atoms with Crippen LogP contribution < -0.4 is 24.4 Å². The van der Waals surface area contributed by atoms with E-state index in [4.69, 9.17) is 14.2 Å². The van der Waals surface area contributed by atoms with Gasteiger partial charge < -0.3 is 19.5 Å². The Balaban J connectivity index is 1.63. The first kappa shape index (κ1) is 25.1. The molecule has 0 aliphatic carbocycles. The zero-order valence-corrected chi connectivity index (χ0v) is 21.7. The molecule has 38 heavy (non-hydrogen) atoms. The summed E-state index contributed by atoms with van der Waals surface area (Å²) in [5.41, 5.74) is 1.90. The van der Waals surface area contributed by atoms with Gasteiger partial charge in [-0.25, -0.2) is 4.68 Å². The molecule has 5 rings (SSSR count). The van der Waals surface area contributed by atoms with Gasteiger partial charge in [0, 0.05) is 17.3 Å². The number of methoxy groups -OCH3 is 1. The number of rotatable bonds is 7. The van der Waals surface area contributed by atoms with Crippen molar-refractivity contribution < 1.29 is 23.8 Å². The highest BCUT2D eigenvalue weighted by molar-refractivity contribution is 6.02. The molecule has 0 saturated carbocycles. The number of benzene rings is 3. The molecule has 10 heteroatoms. The van der Waals surface area contributed by atoms with Crippen molar-refractivity contribution >= 4 is 28.5 Å². The number of hydrogen-bond acceptors (Lipinski definition) is 7. The molecule has 2 amide bonds. The zero-order chi connectivity index (χ0) is 26.9. The lowest BCUT2D eigenvalue weighted by molar-refractivity contribution is -0.128. The van der Waals surface area contributed by atoms with Gasteiger partial charge in [-0.3, -0.25) is 14.5 Å². The first-order chi connectivity index (χ1) is 18.2. The lowest BCUT2D eigenvalue weighted by Crippen LogP contribution is -2.50. The third-order valence-corrected chi connectivity index (χ3v) is 6.02. The quantitative estimate of drug-likeness (QED) is 0.398. The first-order valence-corrected chi connectivity index (χ1v) is 12.2. The van der Waals surface area contributed by atoms with Crippen molar-refractivity contribution in [3.05, 3.63) is 72.3 Å². The Morgan fingerprint density at radius 3 is 2.63 bits per heavy atom. The van der Waals surface area contributed by atoms with Crippen LogP contribution in [0, 0.1) is 0 Å². The number of carbonyl (C=O) groups excluding carboxylic acids is 2. The summed E-state index contributed by atoms with van der Waals surface area (Å²) in [5, 5.41) is 11.4. The van der Waals surface area contributed by atoms with Crippen LogP contribution in [0.1, 0.15) is 32.4 Å². The largest absolute Gasteiger partial charge is 0.497 e. The molecular weight excluding hydrogens is 486 g/mol. The van der Waals surface area contributed by atoms with E-state index >= 15 is 0 Å². The van der Waals surface area contributed by atoms with Crippen molar-refractivity contribution in [3.8, 4) is 17.2 Å². The second-order valence-electron chi connectivity index (χ2n) is 9.96. The molecule has 0 saturated heterocycles. The average molecular weight is 516 g/mol. The normalized spacial score (nSPS) is 13.3. The van der Waals surface area contributed by atoms with Gasteiger partial charge in [0.25, 0.3) is 0 Å². The standard InChI is InChI=1S/C28H29N5O5/c1-28(2,3)29-27(35)26(18-8-7-9-20(14-18)36-4)33(19-12-13-23-24(15-19)38-17-37-23)25(34)16-32-22-11-6-5-10-21(22)30-31-32/h5-15,26H,16-17H2,1-4H3,(H,29,35). The lowest BCUT2D eigenvalue weighted by Gasteiger charge is -2.34. The van der Waals surface area contributed by atoms with Gasteiger partial charge in [-0.05, 0) is 62.7 Å². The predicted octanol–water partition coefficient (Wildman–Crippen LogP) is 3.86. The molecule has 0 radical (unpaired) electrons. The Kier molecular flexibility index (Phi) is 6.62. The summed E-state index contributed by atoms with van der Waals surface area (Å²) >= 11 is 0. The molecule has 1 aliphatic heterocycles. The van der Waals surface area contributed by atoms with Crippen molar-refractivity contribution in [2.75, 3.05) is 18.8 Å². The molecule has 1 aliphatic rings. The van der Waals surface area contributed by atoms with E-state index in [1.165, 1.54) is 9.58 Å². The van der Waals surface area contributed by atoms with E-state index < -0.39 is 11.6 Å². The van der Waals surface area contributed by atoms with Crippen molar-refractivity contribution in [2.24, 2.45) is 0 Å². The van der Waals surface area contributed by atoms with Crippen LogP contribution in [0.2, 0.25) is 0 Å². The van der Waals surface area contributed by atoms with Crippen LogP contribution in [-0.2, 0) is 16.1 Å². The maximum Gasteiger partial charge on any atom is 0.249 e. The SMILES string of the molecule is COc1cccc(C(C(=O)NC(C)(C)C)N(C(=O)Cn2nnc3ccccc32)c2ccc3c(c2)OCO3)c1. The van der Waals surface area contributed by atoms with Crippen LogP contribution >= 0.6 is 0 Å². The monoisotopic (exact) mass is 515 g/mol. The fourth-order valence-electron chi connectivity index (χ4n) is 4.38. The molecule has 0 bridgehead atoms. The van der Waals surface area contributed by atoms with Crippen molar-refractivity contribution in [1.29, 1.82) is 0 Å². The fourth-order valence-corrected chi connectivity index (χ4v) is 4.38. The van der Waals surface area contributed by atoms with Gasteiger partial charge in [0.15, 0.2) is 11.5 Å². The molecule has 1 aromatic heterocycles. The predicted molar refractivity (Wildman–Crippen MR) is 141 cm³/mol. The second kappa shape index (κ2) is 10.0. The number of nitrogens with zero attached hydrogens (tertiary/aromatic N) is 4. The number of fused-ring (bicyclic) bond motifs is 2. The van der Waals surface area contributed by atoms with E-state index in [0.717, 1.165) is 0 Å². The minimum atomic E-state index is -1.02. The molecule has 4 aromatic rings. The van der Waals surface area contributed by atoms with Gasteiger partial charge in [0.2, 0.25) is 18.6 Å². The topological polar surface area (TPSA) is 108 Å². The molecule has 196 valence electrons. The van der Waals surface area contributed by atoms with E-state index in [-0.39, 0.29) is 25.2 Å². The molecule has 0 fully saturated rings. The highest BCUT2D eigenvalue weighted by atomic mass is 16.7. The third-order valence-electron chi connectivity index (χ3n) is 6.02. The number of hydrogen-bond donors (Lipinski definition) is 1. The Morgan fingerprint density at radius 1 is 1.05 bits per heavy atom. The highest BCUT2D eigenvalue weighted by Gasteiger charge is 2.36. The number of ether oxygens (including phenoxy) is 3. The van der Waals surface area contributed by atoms with Gasteiger partial charge in [-0.1, -0.05) is 29.5 Å². The maximum absolute atomic E-state index is 14.1. The van der Waals surface area contributed by atoms with Crippen LogP contribution in [0.3, 0.4) is 0 Å². The van der Waals surface area contributed by atoms with Crippen molar-refractivity contribution in [3.63, 3.8) is 0 Å². The summed E-state index contributed by atoms with van der Waals surface area (Å²) < 4.78 is 18.0. The van der Waals surface area contributed by atoms with Crippen LogP contribution in [0.4, 0.5) is 5.69 Å². The number of para-hydroxylation sites is 1. The highest BCUT2D eigenvalue weighted by Crippen LogP contribution is 2.39. The first-order valence-electron chi connectivity index (χ1n) is 12.2. The van der Waals surface area contributed by atoms with E-state index in [1.54, 1.807) is 49.6 Å².